The van der Waals surface area contributed by atoms with Crippen LogP contribution < -0.4 is 0 Å². The molecule has 0 bridgehead atoms. The van der Waals surface area contributed by atoms with Crippen molar-refractivity contribution in [3.63, 3.8) is 0 Å². The molecule has 0 rings (SSSR count). The highest BCUT2D eigenvalue weighted by Gasteiger charge is 2.24. The maximum absolute atomic E-state index is 10.2. The van der Waals surface area contributed by atoms with Gasteiger partial charge in [0.15, 0.2) is 0 Å². The van der Waals surface area contributed by atoms with Crippen LogP contribution in [0.5, 0.6) is 0 Å². The molecule has 0 aromatic rings. The van der Waals surface area contributed by atoms with Crippen LogP contribution in [0.2, 0.25) is 24.2 Å². The molecule has 0 unspecified atom stereocenters. The standard InChI is InChI=1S/C18H32OSi/c1-5-20(6-2,7-3)17-13-9-8-10-14-18(4)15-11-12-16-19/h14,16H,5-8,10-12,15,17H2,1-4H3/b18-14+. The van der Waals surface area contributed by atoms with Gasteiger partial charge in [0.25, 0.3) is 0 Å². The van der Waals surface area contributed by atoms with Crippen LogP contribution in [-0.2, 0) is 4.79 Å². The molecule has 0 aromatic carbocycles. The number of carbonyl (C=O) groups is 1. The summed E-state index contributed by atoms with van der Waals surface area (Å²) in [6.07, 6.45) is 8.03. The molecule has 0 aliphatic heterocycles. The first-order valence-electron chi connectivity index (χ1n) is 8.19. The topological polar surface area (TPSA) is 17.1 Å². The van der Waals surface area contributed by atoms with Gasteiger partial charge in [-0.3, -0.25) is 0 Å². The van der Waals surface area contributed by atoms with Crippen LogP contribution in [0.15, 0.2) is 11.6 Å². The lowest BCUT2D eigenvalue weighted by Gasteiger charge is -2.25. The molecule has 0 N–H and O–H groups in total. The lowest BCUT2D eigenvalue weighted by atomic mass is 10.1. The van der Waals surface area contributed by atoms with Crippen LogP contribution in [0.25, 0.3) is 0 Å². The number of aldehydes is 1. The summed E-state index contributed by atoms with van der Waals surface area (Å²) in [5.74, 6) is 6.79. The van der Waals surface area contributed by atoms with Crippen molar-refractivity contribution in [1.82, 2.24) is 0 Å². The van der Waals surface area contributed by atoms with E-state index in [4.69, 9.17) is 0 Å². The molecule has 0 spiro atoms. The SMILES string of the molecule is CC[Si](CC)(CC)CC#CCC/C=C(\C)CCCC=O. The van der Waals surface area contributed by atoms with Crippen molar-refractivity contribution < 1.29 is 4.79 Å². The van der Waals surface area contributed by atoms with Crippen molar-refractivity contribution in [3.05, 3.63) is 11.6 Å². The maximum atomic E-state index is 10.2. The van der Waals surface area contributed by atoms with E-state index in [0.717, 1.165) is 32.0 Å². The Kier molecular flexibility index (Phi) is 11.5. The zero-order valence-corrected chi connectivity index (χ0v) is 14.9. The highest BCUT2D eigenvalue weighted by Crippen LogP contribution is 2.24. The van der Waals surface area contributed by atoms with E-state index in [1.54, 1.807) is 0 Å². The second-order valence-corrected chi connectivity index (χ2v) is 11.2. The Morgan fingerprint density at radius 1 is 1.05 bits per heavy atom. The van der Waals surface area contributed by atoms with Crippen molar-refractivity contribution in [3.8, 4) is 11.8 Å². The molecule has 114 valence electrons. The number of hydrogen-bond donors (Lipinski definition) is 0. The van der Waals surface area contributed by atoms with Gasteiger partial charge in [0.1, 0.15) is 6.29 Å². The minimum absolute atomic E-state index is 0.683. The average molecular weight is 293 g/mol. The van der Waals surface area contributed by atoms with Crippen LogP contribution >= 0.6 is 0 Å². The minimum atomic E-state index is -1.04. The van der Waals surface area contributed by atoms with Crippen LogP contribution in [0, 0.1) is 11.8 Å². The highest BCUT2D eigenvalue weighted by atomic mass is 28.3. The third-order valence-electron chi connectivity index (χ3n) is 4.49. The summed E-state index contributed by atoms with van der Waals surface area (Å²) in [5, 5.41) is 0. The van der Waals surface area contributed by atoms with Crippen molar-refractivity contribution in [2.45, 2.75) is 84.0 Å². The first-order chi connectivity index (χ1) is 9.64. The summed E-state index contributed by atoms with van der Waals surface area (Å²) in [6.45, 7) is 9.17. The smallest absolute Gasteiger partial charge is 0.120 e. The molecule has 20 heavy (non-hydrogen) atoms. The summed E-state index contributed by atoms with van der Waals surface area (Å²) < 4.78 is 0. The minimum Gasteiger partial charge on any atom is -0.303 e. The first kappa shape index (κ1) is 19.2. The van der Waals surface area contributed by atoms with Crippen LogP contribution in [0.1, 0.15) is 59.8 Å². The molecule has 0 saturated heterocycles. The van der Waals surface area contributed by atoms with Gasteiger partial charge in [0.2, 0.25) is 0 Å². The third kappa shape index (κ3) is 8.38. The Hall–Kier alpha value is -0.813. The first-order valence-corrected chi connectivity index (χ1v) is 11.0. The zero-order chi connectivity index (χ0) is 15.3. The molecule has 0 fully saturated rings. The van der Waals surface area contributed by atoms with Gasteiger partial charge in [-0.25, -0.2) is 0 Å². The van der Waals surface area contributed by atoms with Gasteiger partial charge in [0.05, 0.1) is 8.07 Å². The predicted molar refractivity (Wildman–Crippen MR) is 92.7 cm³/mol. The van der Waals surface area contributed by atoms with E-state index in [1.807, 2.05) is 0 Å². The number of unbranched alkanes of at least 4 members (excludes halogenated alkanes) is 2. The quantitative estimate of drug-likeness (QED) is 0.168. The summed E-state index contributed by atoms with van der Waals surface area (Å²) in [4.78, 5) is 10.2. The monoisotopic (exact) mass is 292 g/mol. The fourth-order valence-electron chi connectivity index (χ4n) is 2.42. The van der Waals surface area contributed by atoms with Gasteiger partial charge < -0.3 is 4.79 Å². The average Bonchev–Trinajstić information content (AvgIpc) is 2.47. The van der Waals surface area contributed by atoms with Crippen LogP contribution in [0.4, 0.5) is 0 Å². The van der Waals surface area contributed by atoms with E-state index in [2.05, 4.69) is 45.6 Å². The van der Waals surface area contributed by atoms with Crippen molar-refractivity contribution in [2.24, 2.45) is 0 Å². The molecular formula is C18H32OSi. The van der Waals surface area contributed by atoms with E-state index in [1.165, 1.54) is 29.7 Å². The lowest BCUT2D eigenvalue weighted by Crippen LogP contribution is -2.30. The number of carbonyl (C=O) groups excluding carboxylic acids is 1. The van der Waals surface area contributed by atoms with Gasteiger partial charge in [0, 0.05) is 18.9 Å². The summed E-state index contributed by atoms with van der Waals surface area (Å²) in [7, 11) is -1.04. The van der Waals surface area contributed by atoms with E-state index < -0.39 is 8.07 Å². The maximum Gasteiger partial charge on any atom is 0.120 e. The van der Waals surface area contributed by atoms with Gasteiger partial charge in [-0.15, -0.1) is 11.8 Å². The van der Waals surface area contributed by atoms with Gasteiger partial charge in [-0.2, -0.15) is 0 Å². The van der Waals surface area contributed by atoms with Gasteiger partial charge >= 0.3 is 0 Å². The van der Waals surface area contributed by atoms with Gasteiger partial charge in [-0.1, -0.05) is 50.6 Å². The van der Waals surface area contributed by atoms with E-state index in [-0.39, 0.29) is 0 Å². The van der Waals surface area contributed by atoms with Gasteiger partial charge in [-0.05, 0) is 26.2 Å². The lowest BCUT2D eigenvalue weighted by molar-refractivity contribution is -0.107. The molecule has 0 aliphatic carbocycles. The molecule has 2 heteroatoms. The van der Waals surface area contributed by atoms with Crippen LogP contribution in [0.3, 0.4) is 0 Å². The van der Waals surface area contributed by atoms with E-state index >= 15 is 0 Å². The Morgan fingerprint density at radius 3 is 2.25 bits per heavy atom. The second-order valence-electron chi connectivity index (χ2n) is 5.74. The highest BCUT2D eigenvalue weighted by molar-refractivity contribution is 6.80. The molecule has 0 aliphatic rings. The fraction of sp³-hybridized carbons (Fsp3) is 0.722. The molecule has 0 amide bonds. The van der Waals surface area contributed by atoms with Crippen molar-refractivity contribution in [2.75, 3.05) is 0 Å². The number of rotatable bonds is 10. The van der Waals surface area contributed by atoms with E-state index in [9.17, 15) is 4.79 Å². The molecule has 0 radical (unpaired) electrons. The van der Waals surface area contributed by atoms with Crippen LogP contribution in [-0.4, -0.2) is 14.4 Å². The molecule has 0 heterocycles. The molecule has 0 saturated carbocycles. The summed E-state index contributed by atoms with van der Waals surface area (Å²) in [6, 6.07) is 5.28. The Labute approximate surface area is 127 Å². The largest absolute Gasteiger partial charge is 0.303 e. The molecule has 1 nitrogen and oxygen atoms in total. The normalized spacial score (nSPS) is 11.9. The fourth-order valence-corrected chi connectivity index (χ4v) is 5.17. The predicted octanol–water partition coefficient (Wildman–Crippen LogP) is 5.59. The molecular weight excluding hydrogens is 260 g/mol. The van der Waals surface area contributed by atoms with Crippen molar-refractivity contribution >= 4 is 14.4 Å². The van der Waals surface area contributed by atoms with Crippen molar-refractivity contribution in [1.29, 1.82) is 0 Å². The second kappa shape index (κ2) is 12.0. The summed E-state index contributed by atoms with van der Waals surface area (Å²) in [5.41, 5.74) is 1.40. The number of hydrogen-bond acceptors (Lipinski definition) is 1. The zero-order valence-electron chi connectivity index (χ0n) is 13.9. The molecule has 0 atom stereocenters. The Balaban J connectivity index is 3.98. The Morgan fingerprint density at radius 2 is 1.70 bits per heavy atom. The summed E-state index contributed by atoms with van der Waals surface area (Å²) >= 11 is 0. The van der Waals surface area contributed by atoms with E-state index in [0.29, 0.717) is 6.42 Å². The Bertz CT molecular complexity index is 334. The number of allylic oxidation sites excluding steroid dienone is 2. The third-order valence-corrected chi connectivity index (χ3v) is 9.92. The molecule has 0 aromatic heterocycles.